The van der Waals surface area contributed by atoms with Gasteiger partial charge in [-0.3, -0.25) is 9.59 Å². The maximum Gasteiger partial charge on any atom is 0.329 e. The van der Waals surface area contributed by atoms with Crippen molar-refractivity contribution in [2.24, 2.45) is 5.10 Å². The van der Waals surface area contributed by atoms with Gasteiger partial charge in [0.1, 0.15) is 0 Å². The van der Waals surface area contributed by atoms with Gasteiger partial charge in [-0.2, -0.15) is 5.10 Å². The van der Waals surface area contributed by atoms with Crippen LogP contribution in [-0.2, 0) is 9.59 Å². The molecule has 0 fully saturated rings. The molecule has 0 saturated heterocycles. The second kappa shape index (κ2) is 7.24. The van der Waals surface area contributed by atoms with E-state index in [1.165, 1.54) is 12.3 Å². The minimum atomic E-state index is -0.831. The van der Waals surface area contributed by atoms with Gasteiger partial charge >= 0.3 is 11.8 Å². The van der Waals surface area contributed by atoms with Gasteiger partial charge in [0.05, 0.1) is 6.21 Å². The lowest BCUT2D eigenvalue weighted by Gasteiger charge is -1.99. The molecule has 2 N–H and O–H groups in total. The fraction of sp³-hybridized carbons (Fsp3) is 0.0833. The molecule has 0 radical (unpaired) electrons. The lowest BCUT2D eigenvalue weighted by molar-refractivity contribution is -0.139. The molecule has 0 aromatic heterocycles. The summed E-state index contributed by atoms with van der Waals surface area (Å²) >= 11 is 5.71. The van der Waals surface area contributed by atoms with Crippen molar-refractivity contribution >= 4 is 29.6 Å². The van der Waals surface area contributed by atoms with Gasteiger partial charge in [-0.1, -0.05) is 29.8 Å². The summed E-state index contributed by atoms with van der Waals surface area (Å²) in [6, 6.07) is 6.86. The third kappa shape index (κ3) is 4.80. The monoisotopic (exact) mass is 265 g/mol. The number of carbonyl (C=O) groups is 2. The molecular weight excluding hydrogens is 254 g/mol. The zero-order valence-electron chi connectivity index (χ0n) is 9.52. The van der Waals surface area contributed by atoms with Crippen LogP contribution in [0.4, 0.5) is 0 Å². The highest BCUT2D eigenvalue weighted by Gasteiger charge is 2.10. The Morgan fingerprint density at radius 3 is 2.56 bits per heavy atom. The standard InChI is InChI=1S/C12H12ClN3O2/c1-2-7-14-11(17)12(18)16-15-8-9-3-5-10(13)6-4-9/h2-6,8H,1,7H2,(H,14,17)(H,16,18)/b15-8-. The first kappa shape index (κ1) is 13.9. The highest BCUT2D eigenvalue weighted by Crippen LogP contribution is 2.07. The smallest absolute Gasteiger partial charge is 0.329 e. The van der Waals surface area contributed by atoms with Crippen LogP contribution in [0, 0.1) is 0 Å². The molecule has 0 heterocycles. The van der Waals surface area contributed by atoms with Gasteiger partial charge in [0.15, 0.2) is 0 Å². The number of hydrogen-bond donors (Lipinski definition) is 2. The van der Waals surface area contributed by atoms with E-state index in [4.69, 9.17) is 11.6 Å². The summed E-state index contributed by atoms with van der Waals surface area (Å²) < 4.78 is 0. The summed E-state index contributed by atoms with van der Waals surface area (Å²) in [5, 5.41) is 6.59. The minimum absolute atomic E-state index is 0.229. The van der Waals surface area contributed by atoms with Crippen molar-refractivity contribution in [1.82, 2.24) is 10.7 Å². The lowest BCUT2D eigenvalue weighted by atomic mass is 10.2. The Morgan fingerprint density at radius 1 is 1.28 bits per heavy atom. The number of halogens is 1. The maximum atomic E-state index is 11.2. The molecule has 0 unspecified atom stereocenters. The maximum absolute atomic E-state index is 11.2. The summed E-state index contributed by atoms with van der Waals surface area (Å²) in [6.45, 7) is 3.64. The molecule has 6 heteroatoms. The number of amides is 2. The van der Waals surface area contributed by atoms with Gasteiger partial charge < -0.3 is 5.32 Å². The van der Waals surface area contributed by atoms with Crippen LogP contribution in [0.1, 0.15) is 5.56 Å². The number of benzene rings is 1. The Labute approximate surface area is 110 Å². The zero-order valence-corrected chi connectivity index (χ0v) is 10.3. The molecule has 18 heavy (non-hydrogen) atoms. The number of rotatable bonds is 4. The first-order valence-electron chi connectivity index (χ1n) is 5.11. The van der Waals surface area contributed by atoms with Crippen LogP contribution in [0.3, 0.4) is 0 Å². The van der Waals surface area contributed by atoms with Crippen molar-refractivity contribution in [3.05, 3.63) is 47.5 Å². The molecule has 0 spiro atoms. The zero-order chi connectivity index (χ0) is 13.4. The normalized spacial score (nSPS) is 10.1. The third-order valence-electron chi connectivity index (χ3n) is 1.86. The van der Waals surface area contributed by atoms with E-state index in [2.05, 4.69) is 22.4 Å². The van der Waals surface area contributed by atoms with Crippen LogP contribution in [0.5, 0.6) is 0 Å². The van der Waals surface area contributed by atoms with Crippen molar-refractivity contribution in [1.29, 1.82) is 0 Å². The molecule has 1 aromatic carbocycles. The highest BCUT2D eigenvalue weighted by atomic mass is 35.5. The fourth-order valence-electron chi connectivity index (χ4n) is 1.01. The number of hydrogen-bond acceptors (Lipinski definition) is 3. The molecule has 0 aliphatic rings. The molecule has 0 aliphatic heterocycles. The van der Waals surface area contributed by atoms with Gasteiger partial charge in [0, 0.05) is 11.6 Å². The van der Waals surface area contributed by atoms with Gasteiger partial charge in [-0.25, -0.2) is 5.43 Å². The molecule has 1 rings (SSSR count). The van der Waals surface area contributed by atoms with E-state index in [0.717, 1.165) is 5.56 Å². The Hall–Kier alpha value is -2.14. The predicted octanol–water partition coefficient (Wildman–Crippen LogP) is 1.09. The SMILES string of the molecule is C=CCNC(=O)C(=O)N/N=C\c1ccc(Cl)cc1. The van der Waals surface area contributed by atoms with E-state index in [1.807, 2.05) is 0 Å². The van der Waals surface area contributed by atoms with Crippen molar-refractivity contribution in [2.45, 2.75) is 0 Å². The lowest BCUT2D eigenvalue weighted by Crippen LogP contribution is -2.37. The fourth-order valence-corrected chi connectivity index (χ4v) is 1.14. The minimum Gasteiger partial charge on any atom is -0.344 e. The number of hydrazone groups is 1. The topological polar surface area (TPSA) is 70.6 Å². The van der Waals surface area contributed by atoms with Crippen LogP contribution in [0.25, 0.3) is 0 Å². The Balaban J connectivity index is 2.44. The van der Waals surface area contributed by atoms with Gasteiger partial charge in [-0.15, -0.1) is 6.58 Å². The summed E-state index contributed by atoms with van der Waals surface area (Å²) in [5.74, 6) is -1.59. The van der Waals surface area contributed by atoms with E-state index in [9.17, 15) is 9.59 Å². The molecule has 94 valence electrons. The summed E-state index contributed by atoms with van der Waals surface area (Å²) in [7, 11) is 0. The van der Waals surface area contributed by atoms with Crippen molar-refractivity contribution in [3.8, 4) is 0 Å². The average molecular weight is 266 g/mol. The average Bonchev–Trinajstić information content (AvgIpc) is 2.38. The molecule has 0 saturated carbocycles. The second-order valence-corrected chi connectivity index (χ2v) is 3.69. The van der Waals surface area contributed by atoms with Gasteiger partial charge in [-0.05, 0) is 17.7 Å². The van der Waals surface area contributed by atoms with Crippen LogP contribution in [0.2, 0.25) is 5.02 Å². The summed E-state index contributed by atoms with van der Waals surface area (Å²) in [5.41, 5.74) is 2.86. The van der Waals surface area contributed by atoms with Crippen LogP contribution in [-0.4, -0.2) is 24.6 Å². The van der Waals surface area contributed by atoms with E-state index < -0.39 is 11.8 Å². The van der Waals surface area contributed by atoms with E-state index in [0.29, 0.717) is 5.02 Å². The van der Waals surface area contributed by atoms with Crippen LogP contribution in [0.15, 0.2) is 42.0 Å². The third-order valence-corrected chi connectivity index (χ3v) is 2.11. The number of nitrogens with zero attached hydrogens (tertiary/aromatic N) is 1. The summed E-state index contributed by atoms with van der Waals surface area (Å²) in [4.78, 5) is 22.3. The Morgan fingerprint density at radius 2 is 1.94 bits per heavy atom. The van der Waals surface area contributed by atoms with Crippen LogP contribution < -0.4 is 10.7 Å². The predicted molar refractivity (Wildman–Crippen MR) is 70.4 cm³/mol. The van der Waals surface area contributed by atoms with Gasteiger partial charge in [0.2, 0.25) is 0 Å². The molecule has 2 amide bonds. The molecule has 0 aliphatic carbocycles. The Bertz CT molecular complexity index is 469. The van der Waals surface area contributed by atoms with E-state index >= 15 is 0 Å². The number of carbonyl (C=O) groups excluding carboxylic acids is 2. The van der Waals surface area contributed by atoms with E-state index in [1.54, 1.807) is 24.3 Å². The van der Waals surface area contributed by atoms with Crippen LogP contribution >= 0.6 is 11.6 Å². The molecule has 0 bridgehead atoms. The van der Waals surface area contributed by atoms with Crippen molar-refractivity contribution < 1.29 is 9.59 Å². The molecule has 1 aromatic rings. The number of nitrogens with one attached hydrogen (secondary N) is 2. The van der Waals surface area contributed by atoms with Gasteiger partial charge in [0.25, 0.3) is 0 Å². The summed E-state index contributed by atoms with van der Waals surface area (Å²) in [6.07, 6.45) is 2.89. The van der Waals surface area contributed by atoms with Crippen molar-refractivity contribution in [3.63, 3.8) is 0 Å². The first-order valence-corrected chi connectivity index (χ1v) is 5.49. The highest BCUT2D eigenvalue weighted by molar-refractivity contribution is 6.35. The van der Waals surface area contributed by atoms with Crippen molar-refractivity contribution in [2.75, 3.05) is 6.54 Å². The molecule has 0 atom stereocenters. The Kier molecular flexibility index (Phi) is 5.60. The quantitative estimate of drug-likeness (QED) is 0.370. The van der Waals surface area contributed by atoms with E-state index in [-0.39, 0.29) is 6.54 Å². The second-order valence-electron chi connectivity index (χ2n) is 3.25. The molecular formula is C12H12ClN3O2. The largest absolute Gasteiger partial charge is 0.344 e. The first-order chi connectivity index (χ1) is 8.63. The molecule has 5 nitrogen and oxygen atoms in total.